The van der Waals surface area contributed by atoms with E-state index < -0.39 is 0 Å². The van der Waals surface area contributed by atoms with Crippen LogP contribution in [-0.2, 0) is 4.79 Å². The Bertz CT molecular complexity index is 197. The van der Waals surface area contributed by atoms with Crippen molar-refractivity contribution in [3.8, 4) is 0 Å². The Kier molecular flexibility index (Phi) is 2.65. The van der Waals surface area contributed by atoms with Gasteiger partial charge in [-0.1, -0.05) is 6.92 Å². The number of piperazine rings is 3. The molecule has 3 fully saturated rings. The van der Waals surface area contributed by atoms with Gasteiger partial charge in [-0.15, -0.1) is 0 Å². The molecule has 0 aromatic heterocycles. The molecule has 1 unspecified atom stereocenters. The number of carbonyl (C=O) groups excluding carboxylic acids is 1. The van der Waals surface area contributed by atoms with Crippen LogP contribution in [0.3, 0.4) is 0 Å². The third-order valence-electron chi connectivity index (χ3n) is 3.15. The number of hydrogen-bond acceptors (Lipinski definition) is 3. The minimum Gasteiger partial charge on any atom is -0.299 e. The van der Waals surface area contributed by atoms with E-state index in [1.165, 1.54) is 0 Å². The normalized spacial score (nSPS) is 37.8. The summed E-state index contributed by atoms with van der Waals surface area (Å²) in [5.74, 6) is 0.451. The van der Waals surface area contributed by atoms with Gasteiger partial charge >= 0.3 is 0 Å². The maximum atomic E-state index is 11.7. The summed E-state index contributed by atoms with van der Waals surface area (Å²) in [6.07, 6.45) is 1.75. The molecule has 3 nitrogen and oxygen atoms in total. The fourth-order valence-electron chi connectivity index (χ4n) is 2.34. The minimum atomic E-state index is 0.224. The summed E-state index contributed by atoms with van der Waals surface area (Å²) < 4.78 is 0. The van der Waals surface area contributed by atoms with Gasteiger partial charge < -0.3 is 0 Å². The molecule has 3 aliphatic rings. The molecule has 3 heteroatoms. The van der Waals surface area contributed by atoms with Gasteiger partial charge in [-0.05, 0) is 6.42 Å². The molecule has 0 spiro atoms. The molecule has 3 heterocycles. The quantitative estimate of drug-likeness (QED) is 0.629. The van der Waals surface area contributed by atoms with Crippen LogP contribution in [0.2, 0.25) is 0 Å². The minimum absolute atomic E-state index is 0.224. The Morgan fingerprint density at radius 1 is 1.31 bits per heavy atom. The van der Waals surface area contributed by atoms with Crippen LogP contribution in [0.1, 0.15) is 19.8 Å². The Labute approximate surface area is 79.7 Å². The smallest absolute Gasteiger partial charge is 0.151 e. The summed E-state index contributed by atoms with van der Waals surface area (Å²) >= 11 is 0. The van der Waals surface area contributed by atoms with E-state index in [1.54, 1.807) is 0 Å². The van der Waals surface area contributed by atoms with Crippen LogP contribution in [0.25, 0.3) is 0 Å². The first-order valence-electron chi connectivity index (χ1n) is 5.30. The first-order chi connectivity index (χ1) is 6.31. The molecular formula is C10H18N2O. The van der Waals surface area contributed by atoms with Crippen molar-refractivity contribution in [2.24, 2.45) is 0 Å². The van der Waals surface area contributed by atoms with Crippen LogP contribution in [0.4, 0.5) is 0 Å². The highest BCUT2D eigenvalue weighted by atomic mass is 16.1. The van der Waals surface area contributed by atoms with E-state index in [-0.39, 0.29) is 6.04 Å². The molecule has 0 aromatic rings. The zero-order valence-corrected chi connectivity index (χ0v) is 8.33. The number of Topliss-reactive ketones (excluding diaryl/α,β-unsaturated/α-hetero) is 1. The van der Waals surface area contributed by atoms with Crippen molar-refractivity contribution >= 4 is 5.78 Å². The molecular weight excluding hydrogens is 164 g/mol. The Hall–Kier alpha value is -0.410. The largest absolute Gasteiger partial charge is 0.299 e. The summed E-state index contributed by atoms with van der Waals surface area (Å²) in [6, 6.07) is 0.224. The van der Waals surface area contributed by atoms with Gasteiger partial charge in [0, 0.05) is 39.1 Å². The molecule has 1 atom stereocenters. The first kappa shape index (κ1) is 9.16. The number of carbonyl (C=O) groups is 1. The number of ketones is 1. The molecule has 0 N–H and O–H groups in total. The highest BCUT2D eigenvalue weighted by molar-refractivity contribution is 5.84. The molecule has 2 bridgehead atoms. The van der Waals surface area contributed by atoms with Gasteiger partial charge in [0.05, 0.1) is 6.04 Å². The van der Waals surface area contributed by atoms with Crippen molar-refractivity contribution in [1.29, 1.82) is 0 Å². The van der Waals surface area contributed by atoms with Gasteiger partial charge in [0.1, 0.15) is 0 Å². The summed E-state index contributed by atoms with van der Waals surface area (Å²) in [4.78, 5) is 16.5. The highest BCUT2D eigenvalue weighted by Gasteiger charge is 2.35. The number of rotatable bonds is 3. The van der Waals surface area contributed by atoms with Gasteiger partial charge in [0.15, 0.2) is 5.78 Å². The number of nitrogens with zero attached hydrogens (tertiary/aromatic N) is 2. The molecule has 0 amide bonds. The van der Waals surface area contributed by atoms with Crippen molar-refractivity contribution in [2.45, 2.75) is 25.8 Å². The molecule has 0 saturated carbocycles. The zero-order valence-electron chi connectivity index (χ0n) is 8.33. The van der Waals surface area contributed by atoms with E-state index in [0.717, 1.165) is 45.6 Å². The Morgan fingerprint density at radius 3 is 2.46 bits per heavy atom. The topological polar surface area (TPSA) is 23.6 Å². The summed E-state index contributed by atoms with van der Waals surface area (Å²) in [6.45, 7) is 7.58. The second-order valence-electron chi connectivity index (χ2n) is 4.07. The lowest BCUT2D eigenvalue weighted by molar-refractivity contribution is -0.129. The fourth-order valence-corrected chi connectivity index (χ4v) is 2.34. The van der Waals surface area contributed by atoms with Crippen molar-refractivity contribution in [1.82, 2.24) is 9.80 Å². The van der Waals surface area contributed by atoms with Crippen molar-refractivity contribution in [2.75, 3.05) is 32.7 Å². The lowest BCUT2D eigenvalue weighted by Crippen LogP contribution is -2.63. The average molecular weight is 182 g/mol. The molecule has 13 heavy (non-hydrogen) atoms. The third kappa shape index (κ3) is 1.76. The predicted octanol–water partition coefficient (Wildman–Crippen LogP) is 0.355. The Morgan fingerprint density at radius 2 is 2.00 bits per heavy atom. The summed E-state index contributed by atoms with van der Waals surface area (Å²) in [7, 11) is 0. The van der Waals surface area contributed by atoms with Crippen molar-refractivity contribution in [3.63, 3.8) is 0 Å². The number of hydrogen-bond donors (Lipinski definition) is 0. The monoisotopic (exact) mass is 182 g/mol. The third-order valence-corrected chi connectivity index (χ3v) is 3.15. The van der Waals surface area contributed by atoms with Crippen LogP contribution in [0.5, 0.6) is 0 Å². The number of fused-ring (bicyclic) bond motifs is 3. The lowest BCUT2D eigenvalue weighted by Gasteiger charge is -2.46. The zero-order chi connectivity index (χ0) is 9.26. The SMILES string of the molecule is CCCC(=O)C1CN2CCN1CC2. The second-order valence-corrected chi connectivity index (χ2v) is 4.07. The fraction of sp³-hybridized carbons (Fsp3) is 0.900. The van der Waals surface area contributed by atoms with Crippen LogP contribution < -0.4 is 0 Å². The van der Waals surface area contributed by atoms with E-state index in [4.69, 9.17) is 0 Å². The van der Waals surface area contributed by atoms with Crippen molar-refractivity contribution in [3.05, 3.63) is 0 Å². The van der Waals surface area contributed by atoms with Gasteiger partial charge in [0.2, 0.25) is 0 Å². The van der Waals surface area contributed by atoms with Gasteiger partial charge in [-0.25, -0.2) is 0 Å². The standard InChI is InChI=1S/C10H18N2O/c1-2-3-10(13)9-8-11-4-6-12(9)7-5-11/h9H,2-8H2,1H3. The predicted molar refractivity (Wildman–Crippen MR) is 51.7 cm³/mol. The summed E-state index contributed by atoms with van der Waals surface area (Å²) in [5, 5.41) is 0. The van der Waals surface area contributed by atoms with Crippen molar-refractivity contribution < 1.29 is 4.79 Å². The van der Waals surface area contributed by atoms with Crippen LogP contribution in [0, 0.1) is 0 Å². The lowest BCUT2D eigenvalue weighted by atomic mass is 10.0. The molecule has 0 aromatic carbocycles. The molecule has 3 rings (SSSR count). The van der Waals surface area contributed by atoms with E-state index in [1.807, 2.05) is 0 Å². The average Bonchev–Trinajstić information content (AvgIpc) is 2.20. The maximum absolute atomic E-state index is 11.7. The van der Waals surface area contributed by atoms with Crippen LogP contribution in [-0.4, -0.2) is 54.3 Å². The Balaban J connectivity index is 1.96. The van der Waals surface area contributed by atoms with E-state index in [2.05, 4.69) is 16.7 Å². The van der Waals surface area contributed by atoms with E-state index in [0.29, 0.717) is 5.78 Å². The van der Waals surface area contributed by atoms with Crippen LogP contribution in [0.15, 0.2) is 0 Å². The van der Waals surface area contributed by atoms with Crippen LogP contribution >= 0.6 is 0 Å². The highest BCUT2D eigenvalue weighted by Crippen LogP contribution is 2.17. The van der Waals surface area contributed by atoms with E-state index in [9.17, 15) is 4.79 Å². The molecule has 3 aliphatic heterocycles. The molecule has 0 aliphatic carbocycles. The molecule has 0 radical (unpaired) electrons. The van der Waals surface area contributed by atoms with E-state index >= 15 is 0 Å². The maximum Gasteiger partial charge on any atom is 0.151 e. The van der Waals surface area contributed by atoms with Gasteiger partial charge in [-0.3, -0.25) is 14.6 Å². The second kappa shape index (κ2) is 3.76. The molecule has 74 valence electrons. The first-order valence-corrected chi connectivity index (χ1v) is 5.30. The van der Waals surface area contributed by atoms with Gasteiger partial charge in [-0.2, -0.15) is 0 Å². The summed E-state index contributed by atoms with van der Waals surface area (Å²) in [5.41, 5.74) is 0. The molecule has 3 saturated heterocycles. The van der Waals surface area contributed by atoms with Gasteiger partial charge in [0.25, 0.3) is 0 Å².